The first-order valence-electron chi connectivity index (χ1n) is 7.15. The topological polar surface area (TPSA) is 35.2 Å². The SMILES string of the molecule is CCC(N)C(OC1CCCC(C)C1)c1cccs1. The van der Waals surface area contributed by atoms with E-state index in [1.807, 2.05) is 0 Å². The van der Waals surface area contributed by atoms with Crippen LogP contribution in [-0.2, 0) is 4.74 Å². The zero-order chi connectivity index (χ0) is 13.0. The summed E-state index contributed by atoms with van der Waals surface area (Å²) in [6.45, 7) is 4.47. The highest BCUT2D eigenvalue weighted by atomic mass is 32.1. The molecular formula is C15H25NOS. The van der Waals surface area contributed by atoms with Gasteiger partial charge in [-0.3, -0.25) is 0 Å². The molecule has 1 aromatic heterocycles. The average molecular weight is 267 g/mol. The van der Waals surface area contributed by atoms with E-state index in [9.17, 15) is 0 Å². The molecule has 3 heteroatoms. The number of hydrogen-bond acceptors (Lipinski definition) is 3. The van der Waals surface area contributed by atoms with Crippen molar-refractivity contribution in [2.24, 2.45) is 11.7 Å². The molecule has 0 aliphatic heterocycles. The van der Waals surface area contributed by atoms with Crippen LogP contribution < -0.4 is 5.73 Å². The van der Waals surface area contributed by atoms with Crippen molar-refractivity contribution in [1.82, 2.24) is 0 Å². The minimum absolute atomic E-state index is 0.0882. The third-order valence-corrected chi connectivity index (χ3v) is 4.84. The molecule has 1 aliphatic carbocycles. The fraction of sp³-hybridized carbons (Fsp3) is 0.733. The summed E-state index contributed by atoms with van der Waals surface area (Å²) in [5.74, 6) is 0.797. The summed E-state index contributed by atoms with van der Waals surface area (Å²) >= 11 is 1.76. The smallest absolute Gasteiger partial charge is 0.107 e. The van der Waals surface area contributed by atoms with E-state index >= 15 is 0 Å². The van der Waals surface area contributed by atoms with Gasteiger partial charge in [-0.25, -0.2) is 0 Å². The molecule has 1 heterocycles. The van der Waals surface area contributed by atoms with Crippen molar-refractivity contribution in [2.45, 2.75) is 64.2 Å². The Labute approximate surface area is 115 Å². The summed E-state index contributed by atoms with van der Waals surface area (Å²) in [6, 6.07) is 4.35. The summed E-state index contributed by atoms with van der Waals surface area (Å²) < 4.78 is 6.34. The first kappa shape index (κ1) is 14.0. The average Bonchev–Trinajstić information content (AvgIpc) is 2.89. The first-order valence-corrected chi connectivity index (χ1v) is 8.03. The van der Waals surface area contributed by atoms with Crippen LogP contribution >= 0.6 is 11.3 Å². The minimum atomic E-state index is 0.0882. The highest BCUT2D eigenvalue weighted by Gasteiger charge is 2.27. The number of ether oxygens (including phenoxy) is 1. The number of hydrogen-bond donors (Lipinski definition) is 1. The molecule has 1 saturated carbocycles. The molecule has 0 bridgehead atoms. The van der Waals surface area contributed by atoms with Gasteiger partial charge in [0.25, 0.3) is 0 Å². The largest absolute Gasteiger partial charge is 0.368 e. The molecule has 2 rings (SSSR count). The molecular weight excluding hydrogens is 242 g/mol. The van der Waals surface area contributed by atoms with Gasteiger partial charge in [-0.1, -0.05) is 32.8 Å². The predicted molar refractivity (Wildman–Crippen MR) is 77.8 cm³/mol. The number of thiophene rings is 1. The zero-order valence-electron chi connectivity index (χ0n) is 11.5. The second kappa shape index (κ2) is 6.69. The molecule has 4 unspecified atom stereocenters. The van der Waals surface area contributed by atoms with Crippen molar-refractivity contribution in [3.8, 4) is 0 Å². The van der Waals surface area contributed by atoms with Crippen LogP contribution in [0, 0.1) is 5.92 Å². The Kier molecular flexibility index (Phi) is 5.22. The third-order valence-electron chi connectivity index (χ3n) is 3.91. The minimum Gasteiger partial charge on any atom is -0.368 e. The van der Waals surface area contributed by atoms with Gasteiger partial charge in [0.1, 0.15) is 6.10 Å². The second-order valence-electron chi connectivity index (χ2n) is 5.54. The van der Waals surface area contributed by atoms with Gasteiger partial charge in [0.05, 0.1) is 6.10 Å². The number of nitrogens with two attached hydrogens (primary N) is 1. The molecule has 1 aliphatic rings. The van der Waals surface area contributed by atoms with E-state index in [-0.39, 0.29) is 12.1 Å². The monoisotopic (exact) mass is 267 g/mol. The maximum atomic E-state index is 6.34. The highest BCUT2D eigenvalue weighted by molar-refractivity contribution is 7.10. The predicted octanol–water partition coefficient (Wildman–Crippen LogP) is 4.12. The van der Waals surface area contributed by atoms with Crippen LogP contribution in [0.2, 0.25) is 0 Å². The molecule has 1 aromatic rings. The van der Waals surface area contributed by atoms with Gasteiger partial charge in [-0.2, -0.15) is 0 Å². The van der Waals surface area contributed by atoms with Gasteiger partial charge >= 0.3 is 0 Å². The van der Waals surface area contributed by atoms with Gasteiger partial charge in [0.2, 0.25) is 0 Å². The van der Waals surface area contributed by atoms with Crippen molar-refractivity contribution in [3.63, 3.8) is 0 Å². The number of rotatable bonds is 5. The van der Waals surface area contributed by atoms with Gasteiger partial charge in [-0.05, 0) is 36.6 Å². The fourth-order valence-corrected chi connectivity index (χ4v) is 3.59. The highest BCUT2D eigenvalue weighted by Crippen LogP contribution is 2.33. The Morgan fingerprint density at radius 1 is 1.50 bits per heavy atom. The van der Waals surface area contributed by atoms with Crippen molar-refractivity contribution >= 4 is 11.3 Å². The summed E-state index contributed by atoms with van der Waals surface area (Å²) in [6.07, 6.45) is 6.49. The maximum Gasteiger partial charge on any atom is 0.107 e. The van der Waals surface area contributed by atoms with E-state index in [4.69, 9.17) is 10.5 Å². The van der Waals surface area contributed by atoms with E-state index in [0.29, 0.717) is 6.10 Å². The van der Waals surface area contributed by atoms with Crippen LogP contribution in [0.4, 0.5) is 0 Å². The molecule has 1 fully saturated rings. The van der Waals surface area contributed by atoms with Crippen molar-refractivity contribution in [1.29, 1.82) is 0 Å². The first-order chi connectivity index (χ1) is 8.70. The molecule has 102 valence electrons. The lowest BCUT2D eigenvalue weighted by molar-refractivity contribution is -0.0501. The van der Waals surface area contributed by atoms with Crippen LogP contribution in [0.5, 0.6) is 0 Å². The molecule has 0 saturated heterocycles. The molecule has 18 heavy (non-hydrogen) atoms. The summed E-state index contributed by atoms with van der Waals surface area (Å²) in [5.41, 5.74) is 6.24. The van der Waals surface area contributed by atoms with Gasteiger partial charge < -0.3 is 10.5 Å². The maximum absolute atomic E-state index is 6.34. The fourth-order valence-electron chi connectivity index (χ4n) is 2.76. The standard InChI is InChI=1S/C15H25NOS/c1-3-13(16)15(14-8-5-9-18-14)17-12-7-4-6-11(2)10-12/h5,8-9,11-13,15H,3-4,6-7,10,16H2,1-2H3. The van der Waals surface area contributed by atoms with Crippen LogP contribution in [0.3, 0.4) is 0 Å². The van der Waals surface area contributed by atoms with E-state index in [2.05, 4.69) is 31.4 Å². The Bertz CT molecular complexity index is 338. The zero-order valence-corrected chi connectivity index (χ0v) is 12.3. The molecule has 0 radical (unpaired) electrons. The van der Waals surface area contributed by atoms with Crippen LogP contribution in [0.1, 0.15) is 56.9 Å². The van der Waals surface area contributed by atoms with Crippen LogP contribution in [0.15, 0.2) is 17.5 Å². The molecule has 2 nitrogen and oxygen atoms in total. The summed E-state index contributed by atoms with van der Waals surface area (Å²) in [4.78, 5) is 1.28. The Balaban J connectivity index is 2.01. The van der Waals surface area contributed by atoms with Gasteiger partial charge in [-0.15, -0.1) is 11.3 Å². The molecule has 2 N–H and O–H groups in total. The van der Waals surface area contributed by atoms with Gasteiger partial charge in [0, 0.05) is 10.9 Å². The van der Waals surface area contributed by atoms with Crippen molar-refractivity contribution in [2.75, 3.05) is 0 Å². The molecule has 4 atom stereocenters. The Morgan fingerprint density at radius 2 is 2.33 bits per heavy atom. The molecule has 0 aromatic carbocycles. The van der Waals surface area contributed by atoms with E-state index < -0.39 is 0 Å². The lowest BCUT2D eigenvalue weighted by Gasteiger charge is -2.32. The lowest BCUT2D eigenvalue weighted by Crippen LogP contribution is -2.33. The van der Waals surface area contributed by atoms with Crippen LogP contribution in [0.25, 0.3) is 0 Å². The third kappa shape index (κ3) is 3.56. The quantitative estimate of drug-likeness (QED) is 0.871. The van der Waals surface area contributed by atoms with Crippen molar-refractivity contribution in [3.05, 3.63) is 22.4 Å². The summed E-state index contributed by atoms with van der Waals surface area (Å²) in [5, 5.41) is 2.11. The lowest BCUT2D eigenvalue weighted by atomic mass is 9.88. The Morgan fingerprint density at radius 3 is 2.94 bits per heavy atom. The normalized spacial score (nSPS) is 27.9. The molecule has 0 amide bonds. The van der Waals surface area contributed by atoms with Crippen LogP contribution in [-0.4, -0.2) is 12.1 Å². The van der Waals surface area contributed by atoms with Crippen molar-refractivity contribution < 1.29 is 4.74 Å². The van der Waals surface area contributed by atoms with E-state index in [1.165, 1.54) is 30.6 Å². The van der Waals surface area contributed by atoms with E-state index in [1.54, 1.807) is 11.3 Å². The second-order valence-corrected chi connectivity index (χ2v) is 6.52. The van der Waals surface area contributed by atoms with Gasteiger partial charge in [0.15, 0.2) is 0 Å². The summed E-state index contributed by atoms with van der Waals surface area (Å²) in [7, 11) is 0. The van der Waals surface area contributed by atoms with E-state index in [0.717, 1.165) is 12.3 Å². The Hall–Kier alpha value is -0.380. The molecule has 0 spiro atoms.